The Bertz CT molecular complexity index is 463. The van der Waals surface area contributed by atoms with Gasteiger partial charge in [-0.2, -0.15) is 0 Å². The molecule has 1 amide bonds. The first-order valence-corrected chi connectivity index (χ1v) is 7.19. The third-order valence-electron chi connectivity index (χ3n) is 4.01. The summed E-state index contributed by atoms with van der Waals surface area (Å²) in [4.78, 5) is 14.6. The van der Waals surface area contributed by atoms with Crippen molar-refractivity contribution < 1.29 is 4.79 Å². The fraction of sp³-hybridized carbons (Fsp3) is 0.500. The van der Waals surface area contributed by atoms with Crippen LogP contribution in [-0.2, 0) is 0 Å². The van der Waals surface area contributed by atoms with Crippen LogP contribution >= 0.6 is 23.2 Å². The van der Waals surface area contributed by atoms with Gasteiger partial charge in [-0.3, -0.25) is 4.79 Å². The second kappa shape index (κ2) is 4.75. The molecule has 0 aliphatic carbocycles. The molecular formula is C14H15Cl2NO. The molecule has 2 bridgehead atoms. The third-order valence-corrected chi connectivity index (χ3v) is 4.70. The zero-order valence-corrected chi connectivity index (χ0v) is 11.5. The molecule has 0 saturated carbocycles. The average molecular weight is 284 g/mol. The molecule has 3 rings (SSSR count). The fourth-order valence-corrected chi connectivity index (χ4v) is 3.84. The highest BCUT2D eigenvalue weighted by atomic mass is 35.5. The molecule has 2 nitrogen and oxygen atoms in total. The van der Waals surface area contributed by atoms with Crippen molar-refractivity contribution in [3.05, 3.63) is 34.9 Å². The minimum atomic E-state index is 0.0664. The molecule has 2 fully saturated rings. The van der Waals surface area contributed by atoms with Gasteiger partial charge in [0.15, 0.2) is 0 Å². The Balaban J connectivity index is 1.88. The first kappa shape index (κ1) is 12.3. The van der Waals surface area contributed by atoms with Crippen LogP contribution in [0.15, 0.2) is 24.3 Å². The summed E-state index contributed by atoms with van der Waals surface area (Å²) in [6.07, 6.45) is 3.97. The molecule has 2 aliphatic heterocycles. The quantitative estimate of drug-likeness (QED) is 0.720. The van der Waals surface area contributed by atoms with Gasteiger partial charge in [-0.25, -0.2) is 0 Å². The van der Waals surface area contributed by atoms with Gasteiger partial charge in [0.25, 0.3) is 5.91 Å². The normalized spacial score (nSPS) is 30.6. The van der Waals surface area contributed by atoms with Gasteiger partial charge in [0.1, 0.15) is 0 Å². The zero-order chi connectivity index (χ0) is 12.7. The highest BCUT2D eigenvalue weighted by molar-refractivity contribution is 6.33. The Kier molecular flexibility index (Phi) is 3.25. The highest BCUT2D eigenvalue weighted by Gasteiger charge is 2.43. The molecule has 0 radical (unpaired) electrons. The first-order chi connectivity index (χ1) is 8.66. The predicted molar refractivity (Wildman–Crippen MR) is 73.3 cm³/mol. The summed E-state index contributed by atoms with van der Waals surface area (Å²) in [6, 6.07) is 7.88. The Hall–Kier alpha value is -0.730. The van der Waals surface area contributed by atoms with Gasteiger partial charge in [0.05, 0.1) is 10.6 Å². The first-order valence-electron chi connectivity index (χ1n) is 6.38. The van der Waals surface area contributed by atoms with Crippen molar-refractivity contribution in [3.8, 4) is 0 Å². The zero-order valence-electron chi connectivity index (χ0n) is 9.98. The van der Waals surface area contributed by atoms with Gasteiger partial charge < -0.3 is 4.90 Å². The highest BCUT2D eigenvalue weighted by Crippen LogP contribution is 2.39. The number of halogens is 2. The number of benzene rings is 1. The maximum atomic E-state index is 12.6. The van der Waals surface area contributed by atoms with Gasteiger partial charge in [-0.05, 0) is 37.8 Å². The molecule has 18 heavy (non-hydrogen) atoms. The fourth-order valence-electron chi connectivity index (χ4n) is 3.22. The molecule has 0 spiro atoms. The number of nitrogens with zero attached hydrogens (tertiary/aromatic N) is 1. The lowest BCUT2D eigenvalue weighted by Gasteiger charge is -2.37. The van der Waals surface area contributed by atoms with Gasteiger partial charge >= 0.3 is 0 Å². The standard InChI is InChI=1S/C14H15Cl2NO/c15-9-7-10-5-6-11(8-9)17(10)14(18)12-3-1-2-4-13(12)16/h1-4,9-11H,5-8H2. The van der Waals surface area contributed by atoms with E-state index in [0.29, 0.717) is 22.7 Å². The van der Waals surface area contributed by atoms with E-state index in [1.807, 2.05) is 17.0 Å². The Morgan fingerprint density at radius 1 is 1.17 bits per heavy atom. The van der Waals surface area contributed by atoms with Crippen LogP contribution in [0, 0.1) is 0 Å². The summed E-state index contributed by atoms with van der Waals surface area (Å²) < 4.78 is 0. The van der Waals surface area contributed by atoms with Gasteiger partial charge in [-0.1, -0.05) is 23.7 Å². The Morgan fingerprint density at radius 3 is 2.39 bits per heavy atom. The maximum Gasteiger partial charge on any atom is 0.255 e. The smallest absolute Gasteiger partial charge is 0.255 e. The van der Waals surface area contributed by atoms with Crippen molar-refractivity contribution >= 4 is 29.1 Å². The van der Waals surface area contributed by atoms with Crippen molar-refractivity contribution in [1.29, 1.82) is 0 Å². The number of alkyl halides is 1. The molecule has 2 atom stereocenters. The second-order valence-electron chi connectivity index (χ2n) is 5.15. The summed E-state index contributed by atoms with van der Waals surface area (Å²) in [5.41, 5.74) is 0.615. The van der Waals surface area contributed by atoms with E-state index < -0.39 is 0 Å². The molecule has 0 N–H and O–H groups in total. The number of fused-ring (bicyclic) bond motifs is 2. The van der Waals surface area contributed by atoms with E-state index in [4.69, 9.17) is 23.2 Å². The summed E-state index contributed by atoms with van der Waals surface area (Å²) in [7, 11) is 0. The van der Waals surface area contributed by atoms with Crippen molar-refractivity contribution in [1.82, 2.24) is 4.90 Å². The van der Waals surface area contributed by atoms with Crippen LogP contribution in [0.5, 0.6) is 0 Å². The van der Waals surface area contributed by atoms with Crippen LogP contribution in [0.25, 0.3) is 0 Å². The van der Waals surface area contributed by atoms with Crippen LogP contribution < -0.4 is 0 Å². The second-order valence-corrected chi connectivity index (χ2v) is 6.17. The molecular weight excluding hydrogens is 269 g/mol. The van der Waals surface area contributed by atoms with Crippen molar-refractivity contribution in [2.24, 2.45) is 0 Å². The number of carbonyl (C=O) groups excluding carboxylic acids is 1. The van der Waals surface area contributed by atoms with E-state index in [1.54, 1.807) is 12.1 Å². The minimum absolute atomic E-state index is 0.0664. The number of carbonyl (C=O) groups is 1. The molecule has 0 aromatic heterocycles. The molecule has 1 aromatic rings. The summed E-state index contributed by atoms with van der Waals surface area (Å²) in [5, 5.41) is 0.757. The Labute approximate surface area is 117 Å². The van der Waals surface area contributed by atoms with Crippen molar-refractivity contribution in [3.63, 3.8) is 0 Å². The number of amides is 1. The van der Waals surface area contributed by atoms with Crippen LogP contribution in [-0.4, -0.2) is 28.3 Å². The van der Waals surface area contributed by atoms with E-state index in [9.17, 15) is 4.79 Å². The molecule has 2 aliphatic rings. The topological polar surface area (TPSA) is 20.3 Å². The van der Waals surface area contributed by atoms with E-state index in [0.717, 1.165) is 25.7 Å². The monoisotopic (exact) mass is 283 g/mol. The van der Waals surface area contributed by atoms with Gasteiger partial charge in [-0.15, -0.1) is 11.6 Å². The lowest BCUT2D eigenvalue weighted by Crippen LogP contribution is -2.47. The third kappa shape index (κ3) is 2.02. The summed E-state index contributed by atoms with van der Waals surface area (Å²) in [5.74, 6) is 0.0664. The number of rotatable bonds is 1. The molecule has 4 heteroatoms. The van der Waals surface area contributed by atoms with Crippen LogP contribution in [0.2, 0.25) is 5.02 Å². The lowest BCUT2D eigenvalue weighted by atomic mass is 10.0. The number of piperidine rings is 1. The Morgan fingerprint density at radius 2 is 1.78 bits per heavy atom. The van der Waals surface area contributed by atoms with Crippen LogP contribution in [0.3, 0.4) is 0 Å². The molecule has 2 unspecified atom stereocenters. The number of hydrogen-bond donors (Lipinski definition) is 0. The average Bonchev–Trinajstić information content (AvgIpc) is 2.61. The van der Waals surface area contributed by atoms with Gasteiger partial charge in [0, 0.05) is 17.5 Å². The van der Waals surface area contributed by atoms with E-state index in [2.05, 4.69) is 0 Å². The number of hydrogen-bond acceptors (Lipinski definition) is 1. The molecule has 2 heterocycles. The van der Waals surface area contributed by atoms with Crippen molar-refractivity contribution in [2.45, 2.75) is 43.1 Å². The minimum Gasteiger partial charge on any atom is -0.333 e. The molecule has 96 valence electrons. The van der Waals surface area contributed by atoms with Crippen LogP contribution in [0.4, 0.5) is 0 Å². The lowest BCUT2D eigenvalue weighted by molar-refractivity contribution is 0.0600. The van der Waals surface area contributed by atoms with Crippen molar-refractivity contribution in [2.75, 3.05) is 0 Å². The largest absolute Gasteiger partial charge is 0.333 e. The summed E-state index contributed by atoms with van der Waals surface area (Å²) in [6.45, 7) is 0. The molecule has 2 saturated heterocycles. The van der Waals surface area contributed by atoms with E-state index >= 15 is 0 Å². The molecule has 1 aromatic carbocycles. The van der Waals surface area contributed by atoms with E-state index in [-0.39, 0.29) is 11.3 Å². The van der Waals surface area contributed by atoms with Crippen LogP contribution in [0.1, 0.15) is 36.0 Å². The van der Waals surface area contributed by atoms with Gasteiger partial charge in [0.2, 0.25) is 0 Å². The SMILES string of the molecule is O=C(c1ccccc1Cl)N1C2CCC1CC(Cl)C2. The predicted octanol–water partition coefficient (Wildman–Crippen LogP) is 3.71. The van der Waals surface area contributed by atoms with E-state index in [1.165, 1.54) is 0 Å². The maximum absolute atomic E-state index is 12.6. The summed E-state index contributed by atoms with van der Waals surface area (Å²) >= 11 is 12.3.